The van der Waals surface area contributed by atoms with Crippen molar-refractivity contribution in [2.75, 3.05) is 11.9 Å². The van der Waals surface area contributed by atoms with Crippen LogP contribution in [0.3, 0.4) is 0 Å². The summed E-state index contributed by atoms with van der Waals surface area (Å²) in [6.07, 6.45) is 0. The van der Waals surface area contributed by atoms with Gasteiger partial charge in [-0.3, -0.25) is 0 Å². The van der Waals surface area contributed by atoms with E-state index in [2.05, 4.69) is 30.2 Å². The minimum atomic E-state index is 0.152. The summed E-state index contributed by atoms with van der Waals surface area (Å²) in [7, 11) is 0. The van der Waals surface area contributed by atoms with Crippen LogP contribution >= 0.6 is 23.4 Å². The van der Waals surface area contributed by atoms with E-state index in [1.807, 2.05) is 27.7 Å². The minimum absolute atomic E-state index is 0.152. The molecule has 0 unspecified atom stereocenters. The Hall–Kier alpha value is -1.47. The first-order valence-electron chi connectivity index (χ1n) is 6.14. The third kappa shape index (κ3) is 3.55. The maximum atomic E-state index is 5.88. The molecule has 0 aromatic carbocycles. The van der Waals surface area contributed by atoms with E-state index in [1.54, 1.807) is 0 Å². The molecule has 20 heavy (non-hydrogen) atoms. The Morgan fingerprint density at radius 1 is 0.950 bits per heavy atom. The van der Waals surface area contributed by atoms with Gasteiger partial charge in [0.1, 0.15) is 0 Å². The Balaban J connectivity index is 2.30. The molecule has 8 heteroatoms. The van der Waals surface area contributed by atoms with Gasteiger partial charge >= 0.3 is 0 Å². The third-order valence-electron chi connectivity index (χ3n) is 2.72. The van der Waals surface area contributed by atoms with E-state index < -0.39 is 0 Å². The van der Waals surface area contributed by atoms with Crippen LogP contribution in [0, 0.1) is 20.8 Å². The molecular weight excluding hydrogens is 296 g/mol. The molecule has 2 aromatic heterocycles. The van der Waals surface area contributed by atoms with Gasteiger partial charge in [-0.05, 0) is 56.6 Å². The number of nitrogens with one attached hydrogen (secondary N) is 1. The lowest BCUT2D eigenvalue weighted by molar-refractivity contribution is 0.858. The number of hydrogen-bond acceptors (Lipinski definition) is 7. The molecule has 106 valence electrons. The lowest BCUT2D eigenvalue weighted by Gasteiger charge is -2.07. The summed E-state index contributed by atoms with van der Waals surface area (Å²) in [4.78, 5) is 21.2. The molecule has 0 bridgehead atoms. The van der Waals surface area contributed by atoms with E-state index in [0.717, 1.165) is 17.0 Å². The highest BCUT2D eigenvalue weighted by Crippen LogP contribution is 2.24. The van der Waals surface area contributed by atoms with Crippen LogP contribution in [-0.2, 0) is 0 Å². The number of aryl methyl sites for hydroxylation is 2. The standard InChI is InChI=1S/C12H15ClN6S/c1-5-14-10-17-9(13)18-12(19-10)20-11-15-7(3)6(2)8(4)16-11/h5H2,1-4H3,(H,14,17,18,19). The second-order valence-electron chi connectivity index (χ2n) is 4.15. The highest BCUT2D eigenvalue weighted by atomic mass is 35.5. The van der Waals surface area contributed by atoms with Crippen LogP contribution in [-0.4, -0.2) is 31.5 Å². The van der Waals surface area contributed by atoms with Crippen molar-refractivity contribution >= 4 is 29.3 Å². The lowest BCUT2D eigenvalue weighted by atomic mass is 10.2. The fourth-order valence-electron chi connectivity index (χ4n) is 1.48. The largest absolute Gasteiger partial charge is 0.354 e. The quantitative estimate of drug-likeness (QED) is 0.870. The molecule has 0 fully saturated rings. The van der Waals surface area contributed by atoms with Crippen LogP contribution in [0.15, 0.2) is 10.3 Å². The van der Waals surface area contributed by atoms with Gasteiger partial charge in [0.25, 0.3) is 0 Å². The van der Waals surface area contributed by atoms with Gasteiger partial charge < -0.3 is 5.32 Å². The van der Waals surface area contributed by atoms with Gasteiger partial charge in [-0.1, -0.05) is 0 Å². The summed E-state index contributed by atoms with van der Waals surface area (Å²) in [6.45, 7) is 8.59. The predicted molar refractivity (Wildman–Crippen MR) is 79.4 cm³/mol. The molecule has 0 amide bonds. The Morgan fingerprint density at radius 3 is 2.15 bits per heavy atom. The van der Waals surface area contributed by atoms with Gasteiger partial charge in [0.05, 0.1) is 0 Å². The van der Waals surface area contributed by atoms with Crippen LogP contribution in [0.1, 0.15) is 23.9 Å². The monoisotopic (exact) mass is 310 g/mol. The molecule has 0 spiro atoms. The van der Waals surface area contributed by atoms with Crippen LogP contribution in [0.25, 0.3) is 0 Å². The van der Waals surface area contributed by atoms with Crippen molar-refractivity contribution < 1.29 is 0 Å². The number of hydrogen-bond donors (Lipinski definition) is 1. The summed E-state index contributed by atoms with van der Waals surface area (Å²) >= 11 is 7.15. The maximum Gasteiger partial charge on any atom is 0.228 e. The van der Waals surface area contributed by atoms with Crippen LogP contribution in [0.5, 0.6) is 0 Å². The van der Waals surface area contributed by atoms with Gasteiger partial charge in [-0.15, -0.1) is 0 Å². The first-order chi connectivity index (χ1) is 9.49. The third-order valence-corrected chi connectivity index (χ3v) is 3.62. The molecule has 0 radical (unpaired) electrons. The Bertz CT molecular complexity index is 610. The zero-order valence-corrected chi connectivity index (χ0v) is 13.3. The van der Waals surface area contributed by atoms with Crippen LogP contribution in [0.2, 0.25) is 5.28 Å². The summed E-state index contributed by atoms with van der Waals surface area (Å²) in [6, 6.07) is 0. The number of nitrogens with zero attached hydrogens (tertiary/aromatic N) is 5. The van der Waals surface area contributed by atoms with Gasteiger partial charge in [-0.25, -0.2) is 9.97 Å². The molecule has 6 nitrogen and oxygen atoms in total. The van der Waals surface area contributed by atoms with Crippen molar-refractivity contribution in [2.45, 2.75) is 38.0 Å². The van der Waals surface area contributed by atoms with Crippen LogP contribution < -0.4 is 5.32 Å². The summed E-state index contributed by atoms with van der Waals surface area (Å²) in [5, 5.41) is 4.24. The van der Waals surface area contributed by atoms with Gasteiger partial charge in [-0.2, -0.15) is 15.0 Å². The van der Waals surface area contributed by atoms with E-state index >= 15 is 0 Å². The Morgan fingerprint density at radius 2 is 1.55 bits per heavy atom. The average molecular weight is 311 g/mol. The Kier molecular flexibility index (Phi) is 4.72. The highest BCUT2D eigenvalue weighted by Gasteiger charge is 2.10. The van der Waals surface area contributed by atoms with E-state index in [4.69, 9.17) is 11.6 Å². The molecule has 0 aliphatic heterocycles. The summed E-state index contributed by atoms with van der Waals surface area (Å²) in [5.41, 5.74) is 3.00. The van der Waals surface area contributed by atoms with Crippen LogP contribution in [0.4, 0.5) is 5.95 Å². The fourth-order valence-corrected chi connectivity index (χ4v) is 2.49. The maximum absolute atomic E-state index is 5.88. The molecule has 0 saturated heterocycles. The summed E-state index contributed by atoms with van der Waals surface area (Å²) in [5.74, 6) is 0.454. The van der Waals surface area contributed by atoms with Gasteiger partial charge in [0, 0.05) is 17.9 Å². The van der Waals surface area contributed by atoms with Crippen molar-refractivity contribution in [3.05, 3.63) is 22.2 Å². The lowest BCUT2D eigenvalue weighted by Crippen LogP contribution is -2.05. The molecule has 0 aliphatic carbocycles. The zero-order valence-electron chi connectivity index (χ0n) is 11.7. The average Bonchev–Trinajstić information content (AvgIpc) is 2.35. The Labute approximate surface area is 126 Å². The van der Waals surface area contributed by atoms with E-state index in [0.29, 0.717) is 22.8 Å². The van der Waals surface area contributed by atoms with Crippen molar-refractivity contribution in [1.29, 1.82) is 0 Å². The topological polar surface area (TPSA) is 76.5 Å². The molecule has 2 heterocycles. The normalized spacial score (nSPS) is 10.7. The number of rotatable bonds is 4. The number of aromatic nitrogens is 5. The molecule has 2 aromatic rings. The second kappa shape index (κ2) is 6.32. The minimum Gasteiger partial charge on any atom is -0.354 e. The molecule has 2 rings (SSSR count). The zero-order chi connectivity index (χ0) is 14.7. The van der Waals surface area contributed by atoms with Gasteiger partial charge in [0.15, 0.2) is 5.16 Å². The molecule has 0 saturated carbocycles. The van der Waals surface area contributed by atoms with Gasteiger partial charge in [0.2, 0.25) is 16.4 Å². The predicted octanol–water partition coefficient (Wildman–Crippen LogP) is 2.82. The SMILES string of the molecule is CCNc1nc(Cl)nc(Sc2nc(C)c(C)c(C)n2)n1. The first-order valence-corrected chi connectivity index (χ1v) is 7.34. The van der Waals surface area contributed by atoms with Crippen molar-refractivity contribution in [2.24, 2.45) is 0 Å². The molecule has 0 aliphatic rings. The van der Waals surface area contributed by atoms with E-state index in [9.17, 15) is 0 Å². The van der Waals surface area contributed by atoms with Crippen molar-refractivity contribution in [3.8, 4) is 0 Å². The summed E-state index contributed by atoms with van der Waals surface area (Å²) < 4.78 is 0. The highest BCUT2D eigenvalue weighted by molar-refractivity contribution is 7.99. The molecule has 1 N–H and O–H groups in total. The van der Waals surface area contributed by atoms with E-state index in [-0.39, 0.29) is 5.28 Å². The molecule has 0 atom stereocenters. The first kappa shape index (κ1) is 14.9. The number of halogens is 1. The van der Waals surface area contributed by atoms with Crippen molar-refractivity contribution in [3.63, 3.8) is 0 Å². The number of anilines is 1. The second-order valence-corrected chi connectivity index (χ2v) is 5.42. The van der Waals surface area contributed by atoms with Crippen molar-refractivity contribution in [1.82, 2.24) is 24.9 Å². The smallest absolute Gasteiger partial charge is 0.228 e. The molecular formula is C12H15ClN6S. The fraction of sp³-hybridized carbons (Fsp3) is 0.417. The van der Waals surface area contributed by atoms with E-state index in [1.165, 1.54) is 11.8 Å².